The molecule has 0 saturated heterocycles. The van der Waals surface area contributed by atoms with Crippen molar-refractivity contribution in [2.24, 2.45) is 5.92 Å². The first kappa shape index (κ1) is 23.1. The standard InChI is InChI=1S/C23H26FN3O5/c1-13(2)20(25-19(28)10-14-6-8-16(24)9-7-14)23-26-22(27-32-23)15-11-17(29-3)21(31-5)18(12-15)30-4/h6-9,11-13,20H,10H2,1-5H3,(H,25,28)/t20-/m0/s1. The number of nitrogens with zero attached hydrogens (tertiary/aromatic N) is 2. The number of carbonyl (C=O) groups excluding carboxylic acids is 1. The van der Waals surface area contributed by atoms with Gasteiger partial charge in [0.1, 0.15) is 11.9 Å². The third-order valence-electron chi connectivity index (χ3n) is 4.89. The molecule has 2 aromatic carbocycles. The summed E-state index contributed by atoms with van der Waals surface area (Å²) in [6.07, 6.45) is 0.109. The number of nitrogens with one attached hydrogen (secondary N) is 1. The van der Waals surface area contributed by atoms with Gasteiger partial charge in [-0.15, -0.1) is 0 Å². The molecule has 1 N–H and O–H groups in total. The van der Waals surface area contributed by atoms with Crippen molar-refractivity contribution in [2.75, 3.05) is 21.3 Å². The van der Waals surface area contributed by atoms with E-state index in [0.717, 1.165) is 0 Å². The Bertz CT molecular complexity index is 1040. The molecule has 0 bridgehead atoms. The highest BCUT2D eigenvalue weighted by Crippen LogP contribution is 2.40. The summed E-state index contributed by atoms with van der Waals surface area (Å²) in [5, 5.41) is 6.99. The average Bonchev–Trinajstić information content (AvgIpc) is 3.27. The van der Waals surface area contributed by atoms with Crippen molar-refractivity contribution < 1.29 is 27.9 Å². The summed E-state index contributed by atoms with van der Waals surface area (Å²) in [6.45, 7) is 3.87. The van der Waals surface area contributed by atoms with Gasteiger partial charge in [0.2, 0.25) is 23.4 Å². The first-order chi connectivity index (χ1) is 15.4. The van der Waals surface area contributed by atoms with E-state index in [-0.39, 0.29) is 30.0 Å². The summed E-state index contributed by atoms with van der Waals surface area (Å²) in [5.74, 6) is 1.37. The third kappa shape index (κ3) is 5.16. The molecule has 0 saturated carbocycles. The van der Waals surface area contributed by atoms with Gasteiger partial charge in [0, 0.05) is 5.56 Å². The quantitative estimate of drug-likeness (QED) is 0.535. The zero-order valence-corrected chi connectivity index (χ0v) is 18.6. The molecule has 9 heteroatoms. The molecule has 0 spiro atoms. The van der Waals surface area contributed by atoms with Gasteiger partial charge in [-0.25, -0.2) is 4.39 Å². The lowest BCUT2D eigenvalue weighted by atomic mass is 10.0. The summed E-state index contributed by atoms with van der Waals surface area (Å²) < 4.78 is 34.7. The van der Waals surface area contributed by atoms with Crippen LogP contribution in [0.2, 0.25) is 0 Å². The van der Waals surface area contributed by atoms with Crippen LogP contribution in [0, 0.1) is 11.7 Å². The fourth-order valence-corrected chi connectivity index (χ4v) is 3.21. The largest absolute Gasteiger partial charge is 0.493 e. The van der Waals surface area contributed by atoms with Gasteiger partial charge in [-0.2, -0.15) is 4.98 Å². The van der Waals surface area contributed by atoms with E-state index in [0.29, 0.717) is 34.2 Å². The average molecular weight is 443 g/mol. The van der Waals surface area contributed by atoms with Gasteiger partial charge in [0.05, 0.1) is 27.8 Å². The number of hydrogen-bond acceptors (Lipinski definition) is 7. The molecule has 0 fully saturated rings. The second-order valence-corrected chi connectivity index (χ2v) is 7.46. The number of carbonyl (C=O) groups is 1. The van der Waals surface area contributed by atoms with E-state index < -0.39 is 6.04 Å². The highest BCUT2D eigenvalue weighted by Gasteiger charge is 2.26. The van der Waals surface area contributed by atoms with Crippen LogP contribution in [0.3, 0.4) is 0 Å². The monoisotopic (exact) mass is 443 g/mol. The second kappa shape index (κ2) is 10.1. The first-order valence-corrected chi connectivity index (χ1v) is 10.0. The zero-order chi connectivity index (χ0) is 23.3. The van der Waals surface area contributed by atoms with Crippen LogP contribution < -0.4 is 19.5 Å². The van der Waals surface area contributed by atoms with Crippen molar-refractivity contribution in [3.63, 3.8) is 0 Å². The van der Waals surface area contributed by atoms with Gasteiger partial charge in [-0.3, -0.25) is 4.79 Å². The summed E-state index contributed by atoms with van der Waals surface area (Å²) in [6, 6.07) is 8.74. The molecule has 0 aliphatic rings. The predicted octanol–water partition coefficient (Wildman–Crippen LogP) is 3.96. The normalized spacial score (nSPS) is 11.8. The summed E-state index contributed by atoms with van der Waals surface area (Å²) in [7, 11) is 4.57. The summed E-state index contributed by atoms with van der Waals surface area (Å²) in [4.78, 5) is 17.0. The number of aromatic nitrogens is 2. The van der Waals surface area contributed by atoms with Crippen LogP contribution in [-0.4, -0.2) is 37.4 Å². The Kier molecular flexibility index (Phi) is 7.29. The lowest BCUT2D eigenvalue weighted by Crippen LogP contribution is -2.33. The van der Waals surface area contributed by atoms with Crippen molar-refractivity contribution in [1.82, 2.24) is 15.5 Å². The maximum Gasteiger partial charge on any atom is 0.249 e. The number of rotatable bonds is 9. The van der Waals surface area contributed by atoms with Crippen molar-refractivity contribution in [3.8, 4) is 28.6 Å². The van der Waals surface area contributed by atoms with Gasteiger partial charge in [-0.1, -0.05) is 31.1 Å². The van der Waals surface area contributed by atoms with E-state index in [2.05, 4.69) is 15.5 Å². The molecule has 1 amide bonds. The molecule has 3 rings (SSSR count). The van der Waals surface area contributed by atoms with Gasteiger partial charge in [-0.05, 0) is 35.7 Å². The van der Waals surface area contributed by atoms with Crippen LogP contribution in [0.25, 0.3) is 11.4 Å². The molecule has 170 valence electrons. The number of hydrogen-bond donors (Lipinski definition) is 1. The molecule has 0 aliphatic carbocycles. The van der Waals surface area contributed by atoms with Gasteiger partial charge in [0.15, 0.2) is 11.5 Å². The first-order valence-electron chi connectivity index (χ1n) is 10.0. The maximum atomic E-state index is 13.1. The molecule has 0 aliphatic heterocycles. The van der Waals surface area contributed by atoms with E-state index in [1.54, 1.807) is 24.3 Å². The van der Waals surface area contributed by atoms with E-state index in [1.165, 1.54) is 33.5 Å². The molecule has 1 atom stereocenters. The van der Waals surface area contributed by atoms with Gasteiger partial charge in [0.25, 0.3) is 0 Å². The fraction of sp³-hybridized carbons (Fsp3) is 0.348. The zero-order valence-electron chi connectivity index (χ0n) is 18.6. The maximum absolute atomic E-state index is 13.1. The Labute approximate surface area is 185 Å². The summed E-state index contributed by atoms with van der Waals surface area (Å²) >= 11 is 0. The smallest absolute Gasteiger partial charge is 0.249 e. The van der Waals surface area contributed by atoms with E-state index in [4.69, 9.17) is 18.7 Å². The highest BCUT2D eigenvalue weighted by atomic mass is 19.1. The van der Waals surface area contributed by atoms with E-state index in [1.807, 2.05) is 13.8 Å². The molecule has 8 nitrogen and oxygen atoms in total. The Morgan fingerprint density at radius 3 is 2.22 bits per heavy atom. The number of benzene rings is 2. The fourth-order valence-electron chi connectivity index (χ4n) is 3.21. The molecule has 3 aromatic rings. The third-order valence-corrected chi connectivity index (χ3v) is 4.89. The van der Waals surface area contributed by atoms with Crippen LogP contribution in [0.1, 0.15) is 31.3 Å². The molecular weight excluding hydrogens is 417 g/mol. The highest BCUT2D eigenvalue weighted by molar-refractivity contribution is 5.79. The molecular formula is C23H26FN3O5. The van der Waals surface area contributed by atoms with Crippen molar-refractivity contribution in [2.45, 2.75) is 26.3 Å². The Balaban J connectivity index is 1.82. The molecule has 32 heavy (non-hydrogen) atoms. The minimum absolute atomic E-state index is 0.0135. The minimum atomic E-state index is -0.494. The van der Waals surface area contributed by atoms with Crippen LogP contribution >= 0.6 is 0 Å². The summed E-state index contributed by atoms with van der Waals surface area (Å²) in [5.41, 5.74) is 1.31. The van der Waals surface area contributed by atoms with Crippen molar-refractivity contribution in [1.29, 1.82) is 0 Å². The number of ether oxygens (including phenoxy) is 3. The lowest BCUT2D eigenvalue weighted by molar-refractivity contribution is -0.121. The Hall–Kier alpha value is -3.62. The molecule has 1 heterocycles. The number of methoxy groups -OCH3 is 3. The lowest BCUT2D eigenvalue weighted by Gasteiger charge is -2.18. The van der Waals surface area contributed by atoms with Crippen molar-refractivity contribution in [3.05, 3.63) is 53.7 Å². The Morgan fingerprint density at radius 1 is 1.06 bits per heavy atom. The van der Waals surface area contributed by atoms with E-state index >= 15 is 0 Å². The molecule has 0 radical (unpaired) electrons. The number of amides is 1. The van der Waals surface area contributed by atoms with Crippen LogP contribution in [0.4, 0.5) is 4.39 Å². The van der Waals surface area contributed by atoms with Crippen LogP contribution in [0.15, 0.2) is 40.9 Å². The SMILES string of the molecule is COc1cc(-c2noc([C@@H](NC(=O)Cc3ccc(F)cc3)C(C)C)n2)cc(OC)c1OC. The van der Waals surface area contributed by atoms with E-state index in [9.17, 15) is 9.18 Å². The molecule has 0 unspecified atom stereocenters. The van der Waals surface area contributed by atoms with Gasteiger partial charge >= 0.3 is 0 Å². The van der Waals surface area contributed by atoms with Crippen LogP contribution in [-0.2, 0) is 11.2 Å². The predicted molar refractivity (Wildman–Crippen MR) is 115 cm³/mol. The topological polar surface area (TPSA) is 95.7 Å². The molecule has 1 aromatic heterocycles. The van der Waals surface area contributed by atoms with Crippen LogP contribution in [0.5, 0.6) is 17.2 Å². The second-order valence-electron chi connectivity index (χ2n) is 7.46. The van der Waals surface area contributed by atoms with Crippen molar-refractivity contribution >= 4 is 5.91 Å². The Morgan fingerprint density at radius 2 is 1.69 bits per heavy atom. The van der Waals surface area contributed by atoms with Gasteiger partial charge < -0.3 is 24.1 Å². The minimum Gasteiger partial charge on any atom is -0.493 e. The number of halogens is 1.